The van der Waals surface area contributed by atoms with Crippen molar-refractivity contribution < 1.29 is 14.3 Å². The zero-order valence-electron chi connectivity index (χ0n) is 12.0. The molecule has 20 heavy (non-hydrogen) atoms. The van der Waals surface area contributed by atoms with Crippen LogP contribution in [0.5, 0.6) is 0 Å². The van der Waals surface area contributed by atoms with Crippen LogP contribution in [0.15, 0.2) is 0 Å². The lowest BCUT2D eigenvalue weighted by Gasteiger charge is -2.47. The smallest absolute Gasteiger partial charge is 0.306 e. The van der Waals surface area contributed by atoms with E-state index in [0.29, 0.717) is 24.2 Å². The summed E-state index contributed by atoms with van der Waals surface area (Å²) in [7, 11) is 0. The molecule has 4 aliphatic rings. The van der Waals surface area contributed by atoms with E-state index in [9.17, 15) is 9.59 Å². The Kier molecular flexibility index (Phi) is 2.67. The summed E-state index contributed by atoms with van der Waals surface area (Å²) in [4.78, 5) is 23.8. The van der Waals surface area contributed by atoms with Gasteiger partial charge in [-0.15, -0.1) is 0 Å². The van der Waals surface area contributed by atoms with Crippen molar-refractivity contribution in [2.75, 3.05) is 0 Å². The molecule has 110 valence electrons. The highest BCUT2D eigenvalue weighted by molar-refractivity contribution is 5.79. The van der Waals surface area contributed by atoms with E-state index in [1.807, 2.05) is 0 Å². The molecule has 4 nitrogen and oxygen atoms in total. The maximum absolute atomic E-state index is 12.0. The zero-order valence-corrected chi connectivity index (χ0v) is 12.0. The van der Waals surface area contributed by atoms with E-state index < -0.39 is 0 Å². The van der Waals surface area contributed by atoms with Gasteiger partial charge in [-0.1, -0.05) is 0 Å². The second-order valence-corrected chi connectivity index (χ2v) is 7.68. The van der Waals surface area contributed by atoms with Crippen LogP contribution in [0, 0.1) is 11.3 Å². The first-order chi connectivity index (χ1) is 9.57. The molecule has 1 heterocycles. The normalized spacial score (nSPS) is 33.2. The van der Waals surface area contributed by atoms with Crippen molar-refractivity contribution in [3.05, 3.63) is 0 Å². The van der Waals surface area contributed by atoms with Gasteiger partial charge in [0.1, 0.15) is 6.10 Å². The second-order valence-electron chi connectivity index (χ2n) is 7.68. The summed E-state index contributed by atoms with van der Waals surface area (Å²) in [5, 5.41) is 3.08. The summed E-state index contributed by atoms with van der Waals surface area (Å²) in [6.07, 6.45) is 9.96. The van der Waals surface area contributed by atoms with E-state index >= 15 is 0 Å². The van der Waals surface area contributed by atoms with Gasteiger partial charge in [-0.25, -0.2) is 0 Å². The molecule has 1 N–H and O–H groups in total. The fourth-order valence-corrected chi connectivity index (χ4v) is 4.49. The SMILES string of the molecule is O=C1CC(OC(=O)CC2CC3(CC3)C2)CC2(CCC2)N1. The molecule has 4 heteroatoms. The lowest BCUT2D eigenvalue weighted by molar-refractivity contribution is -0.157. The number of amides is 1. The van der Waals surface area contributed by atoms with Gasteiger partial charge in [0.2, 0.25) is 5.91 Å². The third-order valence-corrected chi connectivity index (χ3v) is 5.90. The Labute approximate surface area is 119 Å². The van der Waals surface area contributed by atoms with E-state index in [1.165, 1.54) is 32.1 Å². The summed E-state index contributed by atoms with van der Waals surface area (Å²) in [6, 6.07) is 0. The van der Waals surface area contributed by atoms with Crippen LogP contribution in [-0.4, -0.2) is 23.5 Å². The Morgan fingerprint density at radius 2 is 1.95 bits per heavy atom. The predicted octanol–water partition coefficient (Wildman–Crippen LogP) is 2.31. The third kappa shape index (κ3) is 2.23. The van der Waals surface area contributed by atoms with Crippen molar-refractivity contribution in [1.29, 1.82) is 0 Å². The van der Waals surface area contributed by atoms with Gasteiger partial charge in [-0.2, -0.15) is 0 Å². The number of rotatable bonds is 3. The molecule has 0 aromatic heterocycles. The number of carbonyl (C=O) groups excluding carboxylic acids is 2. The van der Waals surface area contributed by atoms with E-state index in [-0.39, 0.29) is 23.5 Å². The molecule has 1 atom stereocenters. The van der Waals surface area contributed by atoms with Crippen LogP contribution < -0.4 is 5.32 Å². The lowest BCUT2D eigenvalue weighted by atomic mass is 9.70. The van der Waals surface area contributed by atoms with Crippen LogP contribution in [0.1, 0.15) is 64.2 Å². The Morgan fingerprint density at radius 1 is 1.20 bits per heavy atom. The molecule has 1 saturated heterocycles. The predicted molar refractivity (Wildman–Crippen MR) is 72.8 cm³/mol. The van der Waals surface area contributed by atoms with Gasteiger partial charge in [0.05, 0.1) is 6.42 Å². The average molecular weight is 277 g/mol. The molecule has 1 aliphatic heterocycles. The lowest BCUT2D eigenvalue weighted by Crippen LogP contribution is -2.59. The topological polar surface area (TPSA) is 55.4 Å². The fourth-order valence-electron chi connectivity index (χ4n) is 4.49. The van der Waals surface area contributed by atoms with Crippen LogP contribution in [0.4, 0.5) is 0 Å². The first-order valence-corrected chi connectivity index (χ1v) is 8.07. The first kappa shape index (κ1) is 12.7. The van der Waals surface area contributed by atoms with Gasteiger partial charge in [-0.3, -0.25) is 9.59 Å². The zero-order chi connectivity index (χ0) is 13.8. The first-order valence-electron chi connectivity index (χ1n) is 8.07. The summed E-state index contributed by atoms with van der Waals surface area (Å²) in [5.74, 6) is 0.508. The van der Waals surface area contributed by atoms with Crippen LogP contribution in [-0.2, 0) is 14.3 Å². The van der Waals surface area contributed by atoms with Crippen molar-refractivity contribution in [3.8, 4) is 0 Å². The van der Waals surface area contributed by atoms with Crippen molar-refractivity contribution in [1.82, 2.24) is 5.32 Å². The number of ether oxygens (including phenoxy) is 1. The molecule has 0 bridgehead atoms. The van der Waals surface area contributed by atoms with Gasteiger partial charge in [0, 0.05) is 18.4 Å². The van der Waals surface area contributed by atoms with Gasteiger partial charge in [0.15, 0.2) is 0 Å². The number of hydrogen-bond acceptors (Lipinski definition) is 3. The fraction of sp³-hybridized carbons (Fsp3) is 0.875. The van der Waals surface area contributed by atoms with Crippen molar-refractivity contribution in [2.24, 2.45) is 11.3 Å². The molecule has 1 amide bonds. The molecule has 4 rings (SSSR count). The van der Waals surface area contributed by atoms with E-state index in [0.717, 1.165) is 19.3 Å². The standard InChI is InChI=1S/C16H23NO3/c18-13-7-12(10-16(17-13)2-1-3-16)20-14(19)6-11-8-15(9-11)4-5-15/h11-12H,1-10H2,(H,17,18). The Bertz CT molecular complexity index is 443. The Morgan fingerprint density at radius 3 is 2.55 bits per heavy atom. The second kappa shape index (κ2) is 4.22. The van der Waals surface area contributed by atoms with Crippen LogP contribution in [0.3, 0.4) is 0 Å². The number of carbonyl (C=O) groups is 2. The van der Waals surface area contributed by atoms with Gasteiger partial charge < -0.3 is 10.1 Å². The molecule has 1 unspecified atom stereocenters. The van der Waals surface area contributed by atoms with E-state index in [1.54, 1.807) is 0 Å². The number of piperidine rings is 1. The molecular weight excluding hydrogens is 254 g/mol. The minimum atomic E-state index is -0.188. The van der Waals surface area contributed by atoms with Gasteiger partial charge >= 0.3 is 5.97 Å². The number of hydrogen-bond donors (Lipinski definition) is 1. The molecule has 2 spiro atoms. The number of nitrogens with one attached hydrogen (secondary N) is 1. The van der Waals surface area contributed by atoms with Gasteiger partial charge in [0.25, 0.3) is 0 Å². The largest absolute Gasteiger partial charge is 0.462 e. The molecule has 3 aliphatic carbocycles. The highest BCUT2D eigenvalue weighted by Crippen LogP contribution is 2.64. The summed E-state index contributed by atoms with van der Waals surface area (Å²) < 4.78 is 5.59. The van der Waals surface area contributed by atoms with Crippen molar-refractivity contribution in [3.63, 3.8) is 0 Å². The molecule has 0 radical (unpaired) electrons. The molecule has 0 aromatic carbocycles. The minimum absolute atomic E-state index is 0.0468. The van der Waals surface area contributed by atoms with Crippen LogP contribution in [0.2, 0.25) is 0 Å². The highest BCUT2D eigenvalue weighted by Gasteiger charge is 2.53. The highest BCUT2D eigenvalue weighted by atomic mass is 16.5. The molecule has 4 fully saturated rings. The minimum Gasteiger partial charge on any atom is -0.462 e. The Hall–Kier alpha value is -1.06. The molecular formula is C16H23NO3. The maximum atomic E-state index is 12.0. The van der Waals surface area contributed by atoms with E-state index in [2.05, 4.69) is 5.32 Å². The number of esters is 1. The van der Waals surface area contributed by atoms with Gasteiger partial charge in [-0.05, 0) is 56.3 Å². The van der Waals surface area contributed by atoms with Crippen molar-refractivity contribution >= 4 is 11.9 Å². The third-order valence-electron chi connectivity index (χ3n) is 5.90. The molecule has 0 aromatic rings. The summed E-state index contributed by atoms with van der Waals surface area (Å²) in [5.41, 5.74) is 0.598. The quantitative estimate of drug-likeness (QED) is 0.805. The average Bonchev–Trinajstić information content (AvgIpc) is 3.05. The maximum Gasteiger partial charge on any atom is 0.306 e. The Balaban J connectivity index is 1.27. The van der Waals surface area contributed by atoms with Crippen LogP contribution >= 0.6 is 0 Å². The summed E-state index contributed by atoms with van der Waals surface area (Å²) in [6.45, 7) is 0. The molecule has 3 saturated carbocycles. The monoisotopic (exact) mass is 277 g/mol. The van der Waals surface area contributed by atoms with Crippen LogP contribution in [0.25, 0.3) is 0 Å². The van der Waals surface area contributed by atoms with E-state index in [4.69, 9.17) is 4.74 Å². The van der Waals surface area contributed by atoms with Crippen molar-refractivity contribution in [2.45, 2.75) is 75.9 Å². The summed E-state index contributed by atoms with van der Waals surface area (Å²) >= 11 is 0.